The molecule has 1 fully saturated rings. The summed E-state index contributed by atoms with van der Waals surface area (Å²) < 4.78 is 17.0. The molecule has 5 nitrogen and oxygen atoms in total. The molecule has 1 aliphatic heterocycles. The van der Waals surface area contributed by atoms with Crippen molar-refractivity contribution in [2.75, 3.05) is 39.5 Å². The first-order chi connectivity index (χ1) is 11.4. The second kappa shape index (κ2) is 11.5. The summed E-state index contributed by atoms with van der Waals surface area (Å²) in [5, 5.41) is 3.39. The maximum absolute atomic E-state index is 5.88. The molecular formula is C18H30N2O3. The van der Waals surface area contributed by atoms with Gasteiger partial charge in [-0.15, -0.1) is 0 Å². The van der Waals surface area contributed by atoms with E-state index in [0.717, 1.165) is 31.5 Å². The van der Waals surface area contributed by atoms with Crippen molar-refractivity contribution < 1.29 is 14.2 Å². The molecule has 0 bridgehead atoms. The highest BCUT2D eigenvalue weighted by Gasteiger charge is 2.11. The van der Waals surface area contributed by atoms with Gasteiger partial charge < -0.3 is 25.3 Å². The molecule has 130 valence electrons. The highest BCUT2D eigenvalue weighted by molar-refractivity contribution is 5.21. The number of hydrogen-bond donors (Lipinski definition) is 2. The van der Waals surface area contributed by atoms with Crippen LogP contribution in [0.5, 0.6) is 0 Å². The first-order valence-electron chi connectivity index (χ1n) is 8.64. The fourth-order valence-electron chi connectivity index (χ4n) is 2.62. The van der Waals surface area contributed by atoms with E-state index in [-0.39, 0.29) is 0 Å². The Kier molecular flexibility index (Phi) is 9.21. The molecule has 3 N–H and O–H groups in total. The summed E-state index contributed by atoms with van der Waals surface area (Å²) in [6.07, 6.45) is 3.85. The largest absolute Gasteiger partial charge is 0.376 e. The molecule has 1 saturated heterocycles. The van der Waals surface area contributed by atoms with Gasteiger partial charge in [-0.25, -0.2) is 0 Å². The Labute approximate surface area is 139 Å². The van der Waals surface area contributed by atoms with Crippen LogP contribution in [0.15, 0.2) is 24.3 Å². The van der Waals surface area contributed by atoms with E-state index >= 15 is 0 Å². The van der Waals surface area contributed by atoms with Crippen LogP contribution in [0, 0.1) is 0 Å². The Hall–Kier alpha value is -0.980. The summed E-state index contributed by atoms with van der Waals surface area (Å²) in [7, 11) is 0. The van der Waals surface area contributed by atoms with E-state index in [4.69, 9.17) is 19.9 Å². The molecule has 0 radical (unpaired) electrons. The van der Waals surface area contributed by atoms with Crippen LogP contribution >= 0.6 is 0 Å². The molecule has 0 aliphatic carbocycles. The smallest absolute Gasteiger partial charge is 0.0718 e. The monoisotopic (exact) mass is 322 g/mol. The fraction of sp³-hybridized carbons (Fsp3) is 0.667. The van der Waals surface area contributed by atoms with Gasteiger partial charge in [-0.1, -0.05) is 24.3 Å². The average Bonchev–Trinajstić information content (AvgIpc) is 2.85. The van der Waals surface area contributed by atoms with Crippen LogP contribution in [0.3, 0.4) is 0 Å². The lowest BCUT2D eigenvalue weighted by atomic mass is 10.1. The van der Waals surface area contributed by atoms with Crippen LogP contribution in [0.1, 0.15) is 30.4 Å². The van der Waals surface area contributed by atoms with E-state index in [9.17, 15) is 0 Å². The molecule has 1 atom stereocenters. The first-order valence-corrected chi connectivity index (χ1v) is 8.64. The van der Waals surface area contributed by atoms with Crippen LogP contribution in [0.4, 0.5) is 0 Å². The van der Waals surface area contributed by atoms with Gasteiger partial charge in [0.2, 0.25) is 0 Å². The minimum absolute atomic E-state index is 0.390. The zero-order chi connectivity index (χ0) is 16.2. The van der Waals surface area contributed by atoms with E-state index in [0.29, 0.717) is 45.7 Å². The molecular weight excluding hydrogens is 292 g/mol. The molecule has 23 heavy (non-hydrogen) atoms. The third kappa shape index (κ3) is 7.90. The topological polar surface area (TPSA) is 65.7 Å². The third-order valence-electron chi connectivity index (χ3n) is 3.93. The van der Waals surface area contributed by atoms with Crippen molar-refractivity contribution in [2.45, 2.75) is 38.6 Å². The second-order valence-corrected chi connectivity index (χ2v) is 5.88. The maximum Gasteiger partial charge on any atom is 0.0718 e. The van der Waals surface area contributed by atoms with Gasteiger partial charge in [-0.2, -0.15) is 0 Å². The lowest BCUT2D eigenvalue weighted by Gasteiger charge is -2.15. The molecule has 0 amide bonds. The van der Waals surface area contributed by atoms with Crippen LogP contribution in [-0.2, 0) is 27.4 Å². The Morgan fingerprint density at radius 2 is 1.61 bits per heavy atom. The van der Waals surface area contributed by atoms with Crippen LogP contribution in [-0.4, -0.2) is 45.6 Å². The second-order valence-electron chi connectivity index (χ2n) is 5.88. The van der Waals surface area contributed by atoms with Crippen molar-refractivity contribution in [3.05, 3.63) is 35.4 Å². The summed E-state index contributed by atoms with van der Waals surface area (Å²) in [4.78, 5) is 0. The van der Waals surface area contributed by atoms with Crippen molar-refractivity contribution >= 4 is 0 Å². The molecule has 2 rings (SSSR count). The molecule has 1 aromatic carbocycles. The summed E-state index contributed by atoms with van der Waals surface area (Å²) in [6, 6.07) is 8.31. The summed E-state index contributed by atoms with van der Waals surface area (Å²) >= 11 is 0. The molecule has 0 spiro atoms. The molecule has 1 aliphatic rings. The van der Waals surface area contributed by atoms with Gasteiger partial charge in [0, 0.05) is 6.54 Å². The van der Waals surface area contributed by atoms with Gasteiger partial charge in [0.1, 0.15) is 0 Å². The third-order valence-corrected chi connectivity index (χ3v) is 3.93. The van der Waals surface area contributed by atoms with E-state index < -0.39 is 0 Å². The van der Waals surface area contributed by atoms with E-state index in [1.165, 1.54) is 12.0 Å². The normalized spacial score (nSPS) is 18.7. The van der Waals surface area contributed by atoms with E-state index in [1.54, 1.807) is 0 Å². The lowest BCUT2D eigenvalue weighted by molar-refractivity contribution is -0.00395. The zero-order valence-corrected chi connectivity index (χ0v) is 14.0. The van der Waals surface area contributed by atoms with Gasteiger partial charge in [0.05, 0.1) is 39.1 Å². The van der Waals surface area contributed by atoms with E-state index in [2.05, 4.69) is 29.6 Å². The minimum Gasteiger partial charge on any atom is -0.376 e. The zero-order valence-electron chi connectivity index (χ0n) is 14.0. The number of ether oxygens (including phenoxy) is 3. The van der Waals surface area contributed by atoms with Gasteiger partial charge >= 0.3 is 0 Å². The van der Waals surface area contributed by atoms with E-state index in [1.807, 2.05) is 0 Å². The molecule has 1 aromatic rings. The number of nitrogens with one attached hydrogen (secondary N) is 1. The Bertz CT molecular complexity index is 403. The first kappa shape index (κ1) is 18.4. The van der Waals surface area contributed by atoms with Crippen molar-refractivity contribution in [2.24, 2.45) is 5.73 Å². The molecule has 0 aromatic heterocycles. The predicted octanol–water partition coefficient (Wildman–Crippen LogP) is 1.84. The molecule has 0 saturated carbocycles. The van der Waals surface area contributed by atoms with Gasteiger partial charge in [0.15, 0.2) is 0 Å². The number of benzene rings is 1. The minimum atomic E-state index is 0.390. The maximum atomic E-state index is 5.88. The van der Waals surface area contributed by atoms with Crippen molar-refractivity contribution in [3.63, 3.8) is 0 Å². The average molecular weight is 322 g/mol. The van der Waals surface area contributed by atoms with Crippen molar-refractivity contribution in [3.8, 4) is 0 Å². The predicted molar refractivity (Wildman–Crippen MR) is 91.3 cm³/mol. The highest BCUT2D eigenvalue weighted by atomic mass is 16.5. The Morgan fingerprint density at radius 3 is 2.30 bits per heavy atom. The van der Waals surface area contributed by atoms with Gasteiger partial charge in [0.25, 0.3) is 0 Å². The molecule has 5 heteroatoms. The van der Waals surface area contributed by atoms with Crippen molar-refractivity contribution in [1.29, 1.82) is 0 Å². The Morgan fingerprint density at radius 1 is 0.913 bits per heavy atom. The van der Waals surface area contributed by atoms with Crippen LogP contribution in [0.25, 0.3) is 0 Å². The van der Waals surface area contributed by atoms with Crippen LogP contribution < -0.4 is 11.1 Å². The number of rotatable bonds is 10. The molecule has 1 heterocycles. The van der Waals surface area contributed by atoms with Crippen LogP contribution in [0.2, 0.25) is 0 Å². The SMILES string of the molecule is NCCOCc1ccc(COCCOC2CCCNCC2)cc1. The Balaban J connectivity index is 1.55. The lowest BCUT2D eigenvalue weighted by Crippen LogP contribution is -2.19. The number of hydrogen-bond acceptors (Lipinski definition) is 5. The van der Waals surface area contributed by atoms with Crippen molar-refractivity contribution in [1.82, 2.24) is 5.32 Å². The summed E-state index contributed by atoms with van der Waals surface area (Å²) in [6.45, 7) is 5.90. The number of nitrogens with two attached hydrogens (primary N) is 1. The standard InChI is InChI=1S/C18H30N2O3/c19-8-11-21-14-16-3-5-17(6-4-16)15-22-12-13-23-18-2-1-9-20-10-7-18/h3-6,18,20H,1-2,7-15,19H2. The summed E-state index contributed by atoms with van der Waals surface area (Å²) in [5.41, 5.74) is 7.73. The van der Waals surface area contributed by atoms with Gasteiger partial charge in [-0.05, 0) is 43.5 Å². The molecule has 1 unspecified atom stereocenters. The van der Waals surface area contributed by atoms with Gasteiger partial charge in [-0.3, -0.25) is 0 Å². The highest BCUT2D eigenvalue weighted by Crippen LogP contribution is 2.10. The summed E-state index contributed by atoms with van der Waals surface area (Å²) in [5.74, 6) is 0. The fourth-order valence-corrected chi connectivity index (χ4v) is 2.62. The quantitative estimate of drug-likeness (QED) is 0.644.